The molecular formula is C16H18FN3O4S. The van der Waals surface area contributed by atoms with Gasteiger partial charge in [0.2, 0.25) is 5.91 Å². The van der Waals surface area contributed by atoms with E-state index in [0.29, 0.717) is 26.3 Å². The Balaban J connectivity index is 1.53. The van der Waals surface area contributed by atoms with Crippen LogP contribution in [0.1, 0.15) is 18.9 Å². The number of halogens is 1. The SMILES string of the molecule is C[C@@H](Oc1ccccc1F)c1nnc(SCC(=O)N2CCOCC2)o1. The number of thioether (sulfide) groups is 1. The Hall–Kier alpha value is -2.13. The van der Waals surface area contributed by atoms with Crippen molar-refractivity contribution in [1.29, 1.82) is 0 Å². The van der Waals surface area contributed by atoms with Crippen molar-refractivity contribution >= 4 is 17.7 Å². The molecule has 1 saturated heterocycles. The second-order valence-electron chi connectivity index (χ2n) is 5.38. The van der Waals surface area contributed by atoms with Gasteiger partial charge in [-0.1, -0.05) is 23.9 Å². The predicted molar refractivity (Wildman–Crippen MR) is 87.9 cm³/mol. The Morgan fingerprint density at radius 2 is 2.12 bits per heavy atom. The summed E-state index contributed by atoms with van der Waals surface area (Å²) >= 11 is 1.17. The summed E-state index contributed by atoms with van der Waals surface area (Å²) in [6.45, 7) is 4.01. The number of hydrogen-bond donors (Lipinski definition) is 0. The highest BCUT2D eigenvalue weighted by Crippen LogP contribution is 2.25. The molecule has 9 heteroatoms. The molecule has 0 saturated carbocycles. The number of ether oxygens (including phenoxy) is 2. The molecule has 0 spiro atoms. The third-order valence-corrected chi connectivity index (χ3v) is 4.40. The first-order valence-corrected chi connectivity index (χ1v) is 8.85. The predicted octanol–water partition coefficient (Wildman–Crippen LogP) is 2.30. The summed E-state index contributed by atoms with van der Waals surface area (Å²) in [5, 5.41) is 8.08. The zero-order valence-electron chi connectivity index (χ0n) is 13.7. The van der Waals surface area contributed by atoms with Crippen molar-refractivity contribution in [3.8, 4) is 5.75 Å². The Morgan fingerprint density at radius 3 is 2.88 bits per heavy atom. The van der Waals surface area contributed by atoms with Gasteiger partial charge in [-0.15, -0.1) is 10.2 Å². The Kier molecular flexibility index (Phi) is 5.87. The van der Waals surface area contributed by atoms with E-state index < -0.39 is 11.9 Å². The van der Waals surface area contributed by atoms with Crippen LogP contribution in [-0.4, -0.2) is 53.1 Å². The van der Waals surface area contributed by atoms with Gasteiger partial charge in [-0.2, -0.15) is 0 Å². The number of aromatic nitrogens is 2. The third-order valence-electron chi connectivity index (χ3n) is 3.59. The molecule has 0 aliphatic carbocycles. The van der Waals surface area contributed by atoms with E-state index in [1.165, 1.54) is 23.9 Å². The van der Waals surface area contributed by atoms with Crippen LogP contribution in [0.25, 0.3) is 0 Å². The lowest BCUT2D eigenvalue weighted by molar-refractivity contribution is -0.132. The Bertz CT molecular complexity index is 721. The highest BCUT2D eigenvalue weighted by atomic mass is 32.2. The van der Waals surface area contributed by atoms with Crippen LogP contribution in [0.5, 0.6) is 5.75 Å². The maximum Gasteiger partial charge on any atom is 0.277 e. The summed E-state index contributed by atoms with van der Waals surface area (Å²) in [5.74, 6) is 0.0993. The molecule has 0 radical (unpaired) electrons. The lowest BCUT2D eigenvalue weighted by atomic mass is 10.3. The minimum Gasteiger partial charge on any atom is -0.478 e. The molecule has 0 bridgehead atoms. The molecule has 2 aromatic rings. The number of rotatable bonds is 6. The molecule has 0 N–H and O–H groups in total. The van der Waals surface area contributed by atoms with Crippen LogP contribution in [0.4, 0.5) is 4.39 Å². The minimum atomic E-state index is -0.603. The molecular weight excluding hydrogens is 349 g/mol. The van der Waals surface area contributed by atoms with Gasteiger partial charge in [-0.05, 0) is 19.1 Å². The van der Waals surface area contributed by atoms with Gasteiger partial charge in [0.15, 0.2) is 17.7 Å². The molecule has 1 fully saturated rings. The van der Waals surface area contributed by atoms with Crippen molar-refractivity contribution in [3.63, 3.8) is 0 Å². The van der Waals surface area contributed by atoms with Crippen LogP contribution in [-0.2, 0) is 9.53 Å². The Labute approximate surface area is 148 Å². The number of benzene rings is 1. The van der Waals surface area contributed by atoms with Crippen LogP contribution in [0.2, 0.25) is 0 Å². The molecule has 1 aliphatic heterocycles. The summed E-state index contributed by atoms with van der Waals surface area (Å²) < 4.78 is 29.8. The highest BCUT2D eigenvalue weighted by Gasteiger charge is 2.20. The van der Waals surface area contributed by atoms with E-state index in [4.69, 9.17) is 13.9 Å². The van der Waals surface area contributed by atoms with Crippen LogP contribution in [0.3, 0.4) is 0 Å². The van der Waals surface area contributed by atoms with Gasteiger partial charge in [0.1, 0.15) is 0 Å². The van der Waals surface area contributed by atoms with E-state index in [1.807, 2.05) is 0 Å². The smallest absolute Gasteiger partial charge is 0.277 e. The largest absolute Gasteiger partial charge is 0.478 e. The maximum atomic E-state index is 13.6. The van der Waals surface area contributed by atoms with E-state index in [9.17, 15) is 9.18 Å². The summed E-state index contributed by atoms with van der Waals surface area (Å²) in [4.78, 5) is 13.8. The fraction of sp³-hybridized carbons (Fsp3) is 0.438. The van der Waals surface area contributed by atoms with Gasteiger partial charge in [0.25, 0.3) is 11.1 Å². The van der Waals surface area contributed by atoms with Crippen LogP contribution < -0.4 is 4.74 Å². The third kappa shape index (κ3) is 4.70. The first kappa shape index (κ1) is 17.7. The number of hydrogen-bond acceptors (Lipinski definition) is 7. The van der Waals surface area contributed by atoms with Crippen LogP contribution in [0, 0.1) is 5.82 Å². The lowest BCUT2D eigenvalue weighted by Crippen LogP contribution is -2.41. The van der Waals surface area contributed by atoms with E-state index in [0.717, 1.165) is 0 Å². The minimum absolute atomic E-state index is 0.00343. The molecule has 7 nitrogen and oxygen atoms in total. The molecule has 134 valence electrons. The molecule has 0 unspecified atom stereocenters. The number of nitrogens with zero attached hydrogens (tertiary/aromatic N) is 3. The number of morpholine rings is 1. The van der Waals surface area contributed by atoms with E-state index >= 15 is 0 Å². The fourth-order valence-electron chi connectivity index (χ4n) is 2.25. The van der Waals surface area contributed by atoms with Crippen LogP contribution in [0.15, 0.2) is 33.9 Å². The molecule has 1 aromatic heterocycles. The molecule has 1 atom stereocenters. The van der Waals surface area contributed by atoms with Gasteiger partial charge >= 0.3 is 0 Å². The molecule has 2 heterocycles. The van der Waals surface area contributed by atoms with Gasteiger partial charge in [0, 0.05) is 13.1 Å². The van der Waals surface area contributed by atoms with Crippen molar-refractivity contribution in [2.45, 2.75) is 18.3 Å². The van der Waals surface area contributed by atoms with Gasteiger partial charge in [0.05, 0.1) is 19.0 Å². The second kappa shape index (κ2) is 8.30. The van der Waals surface area contributed by atoms with E-state index in [2.05, 4.69) is 10.2 Å². The number of carbonyl (C=O) groups excluding carboxylic acids is 1. The molecule has 1 amide bonds. The molecule has 1 aromatic carbocycles. The summed E-state index contributed by atoms with van der Waals surface area (Å²) in [5.41, 5.74) is 0. The van der Waals surface area contributed by atoms with Crippen molar-refractivity contribution in [3.05, 3.63) is 36.0 Å². The topological polar surface area (TPSA) is 77.7 Å². The van der Waals surface area contributed by atoms with Crippen molar-refractivity contribution < 1.29 is 23.1 Å². The zero-order chi connectivity index (χ0) is 17.6. The lowest BCUT2D eigenvalue weighted by Gasteiger charge is -2.26. The fourth-order valence-corrected chi connectivity index (χ4v) is 2.92. The number of para-hydroxylation sites is 1. The van der Waals surface area contributed by atoms with Gasteiger partial charge < -0.3 is 18.8 Å². The normalized spacial score (nSPS) is 15.8. The molecule has 25 heavy (non-hydrogen) atoms. The maximum absolute atomic E-state index is 13.6. The zero-order valence-corrected chi connectivity index (χ0v) is 14.5. The van der Waals surface area contributed by atoms with Crippen molar-refractivity contribution in [2.75, 3.05) is 32.1 Å². The average molecular weight is 367 g/mol. The van der Waals surface area contributed by atoms with Crippen molar-refractivity contribution in [1.82, 2.24) is 15.1 Å². The molecule has 1 aliphatic rings. The number of carbonyl (C=O) groups is 1. The first-order valence-electron chi connectivity index (χ1n) is 7.86. The van der Waals surface area contributed by atoms with Gasteiger partial charge in [-0.3, -0.25) is 4.79 Å². The first-order chi connectivity index (χ1) is 12.1. The summed E-state index contributed by atoms with van der Waals surface area (Å²) in [7, 11) is 0. The van der Waals surface area contributed by atoms with Crippen molar-refractivity contribution in [2.24, 2.45) is 0 Å². The van der Waals surface area contributed by atoms with E-state index in [-0.39, 0.29) is 28.5 Å². The van der Waals surface area contributed by atoms with Crippen LogP contribution >= 0.6 is 11.8 Å². The molecule has 3 rings (SSSR count). The Morgan fingerprint density at radius 1 is 1.36 bits per heavy atom. The average Bonchev–Trinajstić information content (AvgIpc) is 3.11. The number of amides is 1. The second-order valence-corrected chi connectivity index (χ2v) is 6.31. The monoisotopic (exact) mass is 367 g/mol. The summed E-state index contributed by atoms with van der Waals surface area (Å²) in [6, 6.07) is 6.10. The quantitative estimate of drug-likeness (QED) is 0.725. The highest BCUT2D eigenvalue weighted by molar-refractivity contribution is 7.99. The van der Waals surface area contributed by atoms with Gasteiger partial charge in [-0.25, -0.2) is 4.39 Å². The van der Waals surface area contributed by atoms with E-state index in [1.54, 1.807) is 24.0 Å². The summed E-state index contributed by atoms with van der Waals surface area (Å²) in [6.07, 6.45) is -0.603. The standard InChI is InChI=1S/C16H18FN3O4S/c1-11(23-13-5-3-2-4-12(13)17)15-18-19-16(24-15)25-10-14(21)20-6-8-22-9-7-20/h2-5,11H,6-10H2,1H3/t11-/m1/s1.